The number of allylic oxidation sites excluding steroid dienone is 1. The maximum Gasteiger partial charge on any atom is 0.113 e. The van der Waals surface area contributed by atoms with E-state index in [0.717, 1.165) is 12.1 Å². The average molecular weight is 240 g/mol. The molecule has 0 amide bonds. The Hall–Kier alpha value is -1.57. The number of aromatic nitrogens is 2. The van der Waals surface area contributed by atoms with Gasteiger partial charge in [0.2, 0.25) is 0 Å². The number of nitrogens with zero attached hydrogens (tertiary/aromatic N) is 2. The highest BCUT2D eigenvalue weighted by molar-refractivity contribution is 5.76. The lowest BCUT2D eigenvalue weighted by Crippen LogP contribution is -2.11. The highest BCUT2D eigenvalue weighted by Gasteiger charge is 2.21. The summed E-state index contributed by atoms with van der Waals surface area (Å²) in [6.45, 7) is 4.75. The molecule has 1 heterocycles. The molecular weight excluding hydrogens is 220 g/mol. The van der Waals surface area contributed by atoms with Gasteiger partial charge in [-0.15, -0.1) is 6.58 Å². The molecular formula is C16H20N2. The number of imidazole rings is 1. The van der Waals surface area contributed by atoms with E-state index in [1.807, 2.05) is 6.08 Å². The molecule has 94 valence electrons. The van der Waals surface area contributed by atoms with Crippen molar-refractivity contribution in [2.45, 2.75) is 44.6 Å². The second-order valence-electron chi connectivity index (χ2n) is 5.19. The topological polar surface area (TPSA) is 17.8 Å². The van der Waals surface area contributed by atoms with E-state index < -0.39 is 0 Å². The van der Waals surface area contributed by atoms with Gasteiger partial charge in [-0.25, -0.2) is 4.98 Å². The van der Waals surface area contributed by atoms with Crippen LogP contribution in [0.4, 0.5) is 0 Å². The van der Waals surface area contributed by atoms with Crippen molar-refractivity contribution in [1.82, 2.24) is 9.55 Å². The van der Waals surface area contributed by atoms with Crippen molar-refractivity contribution in [3.63, 3.8) is 0 Å². The first kappa shape index (κ1) is 11.5. The third-order valence-corrected chi connectivity index (χ3v) is 3.97. The van der Waals surface area contributed by atoms with Crippen molar-refractivity contribution in [1.29, 1.82) is 0 Å². The molecule has 0 bridgehead atoms. The summed E-state index contributed by atoms with van der Waals surface area (Å²) in [5.41, 5.74) is 2.37. The first-order valence-corrected chi connectivity index (χ1v) is 6.96. The highest BCUT2D eigenvalue weighted by Crippen LogP contribution is 2.33. The van der Waals surface area contributed by atoms with Crippen molar-refractivity contribution in [2.75, 3.05) is 0 Å². The van der Waals surface area contributed by atoms with Gasteiger partial charge in [-0.2, -0.15) is 0 Å². The van der Waals surface area contributed by atoms with Crippen molar-refractivity contribution in [3.8, 4) is 0 Å². The normalized spacial score (nSPS) is 17.1. The van der Waals surface area contributed by atoms with Gasteiger partial charge in [0.15, 0.2) is 0 Å². The minimum absolute atomic E-state index is 0.645. The van der Waals surface area contributed by atoms with Gasteiger partial charge in [0.25, 0.3) is 0 Å². The minimum Gasteiger partial charge on any atom is -0.324 e. The predicted molar refractivity (Wildman–Crippen MR) is 75.8 cm³/mol. The van der Waals surface area contributed by atoms with Crippen molar-refractivity contribution < 1.29 is 0 Å². The number of rotatable bonds is 3. The van der Waals surface area contributed by atoms with Crippen molar-refractivity contribution >= 4 is 11.0 Å². The monoisotopic (exact) mass is 240 g/mol. The molecule has 0 atom stereocenters. The Balaban J connectivity index is 2.08. The molecule has 0 aliphatic heterocycles. The number of para-hydroxylation sites is 2. The second kappa shape index (κ2) is 4.97. The van der Waals surface area contributed by atoms with Gasteiger partial charge in [-0.3, -0.25) is 0 Å². The number of hydrogen-bond donors (Lipinski definition) is 0. The maximum absolute atomic E-state index is 4.87. The quantitative estimate of drug-likeness (QED) is 0.733. The van der Waals surface area contributed by atoms with E-state index in [1.165, 1.54) is 43.4 Å². The molecule has 18 heavy (non-hydrogen) atoms. The zero-order valence-corrected chi connectivity index (χ0v) is 10.8. The first-order valence-electron chi connectivity index (χ1n) is 6.96. The predicted octanol–water partition coefficient (Wildman–Crippen LogP) is 4.27. The molecule has 0 unspecified atom stereocenters. The Morgan fingerprint density at radius 2 is 2.00 bits per heavy atom. The van der Waals surface area contributed by atoms with Crippen molar-refractivity contribution in [3.05, 3.63) is 42.7 Å². The Labute approximate surface area is 108 Å². The van der Waals surface area contributed by atoms with Gasteiger partial charge in [0.1, 0.15) is 5.82 Å². The Morgan fingerprint density at radius 1 is 1.22 bits per heavy atom. The first-order chi connectivity index (χ1) is 8.90. The molecule has 0 spiro atoms. The molecule has 2 nitrogen and oxygen atoms in total. The molecule has 0 radical (unpaired) electrons. The number of benzene rings is 1. The second-order valence-corrected chi connectivity index (χ2v) is 5.19. The summed E-state index contributed by atoms with van der Waals surface area (Å²) in [5, 5.41) is 0. The number of hydrogen-bond acceptors (Lipinski definition) is 1. The zero-order chi connectivity index (χ0) is 12.4. The van der Waals surface area contributed by atoms with Crippen molar-refractivity contribution in [2.24, 2.45) is 0 Å². The Morgan fingerprint density at radius 3 is 2.78 bits per heavy atom. The fraction of sp³-hybridized carbons (Fsp3) is 0.438. The zero-order valence-electron chi connectivity index (χ0n) is 10.8. The largest absolute Gasteiger partial charge is 0.324 e. The molecule has 0 N–H and O–H groups in total. The van der Waals surface area contributed by atoms with Gasteiger partial charge >= 0.3 is 0 Å². The van der Waals surface area contributed by atoms with E-state index in [4.69, 9.17) is 4.98 Å². The van der Waals surface area contributed by atoms with Crippen LogP contribution >= 0.6 is 0 Å². The van der Waals surface area contributed by atoms with E-state index in [-0.39, 0.29) is 0 Å². The van der Waals surface area contributed by atoms with Crippen LogP contribution in [-0.2, 0) is 6.54 Å². The fourth-order valence-electron chi connectivity index (χ4n) is 3.09. The molecule has 2 aromatic rings. The van der Waals surface area contributed by atoms with Crippen LogP contribution in [-0.4, -0.2) is 9.55 Å². The van der Waals surface area contributed by atoms with Crippen LogP contribution in [0.1, 0.15) is 43.8 Å². The summed E-state index contributed by atoms with van der Waals surface area (Å²) in [7, 11) is 0. The molecule has 1 aliphatic rings. The van der Waals surface area contributed by atoms with Crippen LogP contribution < -0.4 is 0 Å². The molecule has 0 saturated heterocycles. The molecule has 1 saturated carbocycles. The Kier molecular flexibility index (Phi) is 3.18. The SMILES string of the molecule is C=CCn1c(C2CCCCC2)nc2ccccc21. The summed E-state index contributed by atoms with van der Waals surface area (Å²) < 4.78 is 2.35. The standard InChI is InChI=1S/C16H20N2/c1-2-12-18-15-11-7-6-10-14(15)17-16(18)13-8-4-3-5-9-13/h2,6-7,10-11,13H,1,3-5,8-9,12H2. The summed E-state index contributed by atoms with van der Waals surface area (Å²) in [6.07, 6.45) is 8.64. The molecule has 1 aromatic carbocycles. The van der Waals surface area contributed by atoms with Crippen LogP contribution in [0.15, 0.2) is 36.9 Å². The number of fused-ring (bicyclic) bond motifs is 1. The van der Waals surface area contributed by atoms with E-state index in [2.05, 4.69) is 35.4 Å². The van der Waals surface area contributed by atoms with Gasteiger partial charge in [0, 0.05) is 12.5 Å². The van der Waals surface area contributed by atoms with E-state index in [0.29, 0.717) is 5.92 Å². The van der Waals surface area contributed by atoms with Crippen LogP contribution in [0.5, 0.6) is 0 Å². The van der Waals surface area contributed by atoms with Crippen LogP contribution in [0.3, 0.4) is 0 Å². The van der Waals surface area contributed by atoms with Gasteiger partial charge in [0.05, 0.1) is 11.0 Å². The van der Waals surface area contributed by atoms with E-state index in [1.54, 1.807) is 0 Å². The van der Waals surface area contributed by atoms with Crippen LogP contribution in [0, 0.1) is 0 Å². The lowest BCUT2D eigenvalue weighted by Gasteiger charge is -2.21. The average Bonchev–Trinajstić information content (AvgIpc) is 2.80. The molecule has 1 aliphatic carbocycles. The van der Waals surface area contributed by atoms with Crippen LogP contribution in [0.25, 0.3) is 11.0 Å². The van der Waals surface area contributed by atoms with E-state index in [9.17, 15) is 0 Å². The summed E-state index contributed by atoms with van der Waals surface area (Å²) in [5.74, 6) is 1.92. The molecule has 3 rings (SSSR count). The third-order valence-electron chi connectivity index (χ3n) is 3.97. The third kappa shape index (κ3) is 1.96. The smallest absolute Gasteiger partial charge is 0.113 e. The summed E-state index contributed by atoms with van der Waals surface area (Å²) >= 11 is 0. The maximum atomic E-state index is 4.87. The molecule has 1 fully saturated rings. The van der Waals surface area contributed by atoms with Gasteiger partial charge in [-0.05, 0) is 25.0 Å². The lowest BCUT2D eigenvalue weighted by molar-refractivity contribution is 0.420. The summed E-state index contributed by atoms with van der Waals surface area (Å²) in [4.78, 5) is 4.87. The molecule has 2 heteroatoms. The highest BCUT2D eigenvalue weighted by atomic mass is 15.1. The Bertz CT molecular complexity index is 547. The lowest BCUT2D eigenvalue weighted by atomic mass is 9.88. The minimum atomic E-state index is 0.645. The molecule has 1 aromatic heterocycles. The van der Waals surface area contributed by atoms with Gasteiger partial charge in [-0.1, -0.05) is 37.5 Å². The fourth-order valence-corrected chi connectivity index (χ4v) is 3.09. The summed E-state index contributed by atoms with van der Waals surface area (Å²) in [6, 6.07) is 8.44. The van der Waals surface area contributed by atoms with Gasteiger partial charge < -0.3 is 4.57 Å². The van der Waals surface area contributed by atoms with Crippen LogP contribution in [0.2, 0.25) is 0 Å². The van der Waals surface area contributed by atoms with E-state index >= 15 is 0 Å².